The van der Waals surface area contributed by atoms with Gasteiger partial charge in [0.15, 0.2) is 0 Å². The number of rotatable bonds is 2. The first-order valence-electron chi connectivity index (χ1n) is 3.87. The van der Waals surface area contributed by atoms with Gasteiger partial charge in [0.1, 0.15) is 15.0 Å². The Kier molecular flexibility index (Phi) is 5.18. The molecular weight excluding hydrogens is 281 g/mol. The maximum absolute atomic E-state index is 10.8. The monoisotopic (exact) mass is 289 g/mol. The number of hydrogen-bond acceptors (Lipinski definition) is 6. The summed E-state index contributed by atoms with van der Waals surface area (Å²) in [6.45, 7) is 1.22. The second-order valence-electron chi connectivity index (χ2n) is 3.08. The summed E-state index contributed by atoms with van der Waals surface area (Å²) in [5.74, 6) is 0. The molecule has 0 aliphatic heterocycles. The van der Waals surface area contributed by atoms with Crippen molar-refractivity contribution in [2.75, 3.05) is 5.73 Å². The van der Waals surface area contributed by atoms with Crippen molar-refractivity contribution in [1.29, 1.82) is 0 Å². The summed E-state index contributed by atoms with van der Waals surface area (Å²) in [6, 6.07) is 1.54. The number of nitrogen functional groups attached to an aromatic ring is 1. The predicted molar refractivity (Wildman–Crippen MR) is 53.4 cm³/mol. The summed E-state index contributed by atoms with van der Waals surface area (Å²) in [4.78, 5) is -1.24. The number of hydrogen-bond donors (Lipinski definition) is 2. The topological polar surface area (TPSA) is 138 Å². The SMILES string of the molecule is Cc1cc(S(=O)(=O)O)c(N)cc1S(=O)(=O)[O-].[Na+]. The predicted octanol–water partition coefficient (Wildman–Crippen LogP) is -3.27. The fourth-order valence-corrected chi connectivity index (χ4v) is 2.58. The normalized spacial score (nSPS) is 11.9. The Balaban J connectivity index is 0.00000256. The van der Waals surface area contributed by atoms with E-state index in [1.165, 1.54) is 6.92 Å². The van der Waals surface area contributed by atoms with Gasteiger partial charge in [-0.25, -0.2) is 8.42 Å². The molecule has 17 heavy (non-hydrogen) atoms. The molecule has 0 heterocycles. The molecule has 0 saturated heterocycles. The van der Waals surface area contributed by atoms with E-state index < -0.39 is 35.7 Å². The van der Waals surface area contributed by atoms with Gasteiger partial charge in [-0.05, 0) is 24.6 Å². The van der Waals surface area contributed by atoms with E-state index in [9.17, 15) is 21.4 Å². The molecule has 0 radical (unpaired) electrons. The second kappa shape index (κ2) is 5.22. The Morgan fingerprint density at radius 2 is 1.65 bits per heavy atom. The molecule has 1 rings (SSSR count). The zero-order chi connectivity index (χ0) is 12.7. The fourth-order valence-electron chi connectivity index (χ4n) is 1.17. The molecule has 3 N–H and O–H groups in total. The first-order valence-corrected chi connectivity index (χ1v) is 6.72. The Labute approximate surface area is 121 Å². The Morgan fingerprint density at radius 1 is 1.18 bits per heavy atom. The molecule has 1 aromatic rings. The van der Waals surface area contributed by atoms with Gasteiger partial charge in [0.2, 0.25) is 0 Å². The molecule has 0 atom stereocenters. The minimum atomic E-state index is -4.72. The van der Waals surface area contributed by atoms with Crippen LogP contribution >= 0.6 is 0 Å². The number of nitrogens with two attached hydrogens (primary N) is 1. The fraction of sp³-hybridized carbons (Fsp3) is 0.143. The molecule has 90 valence electrons. The quantitative estimate of drug-likeness (QED) is 0.331. The average molecular weight is 289 g/mol. The van der Waals surface area contributed by atoms with Crippen LogP contribution in [-0.2, 0) is 20.2 Å². The van der Waals surface area contributed by atoms with Crippen LogP contribution in [-0.4, -0.2) is 25.9 Å². The molecule has 10 heteroatoms. The Morgan fingerprint density at radius 3 is 2.00 bits per heavy atom. The van der Waals surface area contributed by atoms with Gasteiger partial charge in [0.25, 0.3) is 10.1 Å². The average Bonchev–Trinajstić information content (AvgIpc) is 2.04. The molecule has 0 bridgehead atoms. The van der Waals surface area contributed by atoms with Crippen LogP contribution in [0.15, 0.2) is 21.9 Å². The number of aryl methyl sites for hydroxylation is 1. The van der Waals surface area contributed by atoms with Crippen LogP contribution in [0.2, 0.25) is 0 Å². The molecule has 0 aliphatic rings. The molecular formula is C7H8NNaO6S2. The Bertz CT molecular complexity index is 579. The summed E-state index contributed by atoms with van der Waals surface area (Å²) in [5, 5.41) is 0. The maximum Gasteiger partial charge on any atom is 1.00 e. The smallest absolute Gasteiger partial charge is 0.744 e. The molecule has 0 saturated carbocycles. The molecule has 1 aromatic carbocycles. The standard InChI is InChI=1S/C7H9NO6S2.Na/c1-4-2-7(16(12,13)14)5(8)3-6(4)15(9,10)11;/h2-3H,8H2,1H3,(H,9,10,11)(H,12,13,14);/q;+1/p-1. The van der Waals surface area contributed by atoms with Crippen molar-refractivity contribution in [3.63, 3.8) is 0 Å². The van der Waals surface area contributed by atoms with Crippen LogP contribution in [0.4, 0.5) is 5.69 Å². The molecule has 0 amide bonds. The maximum atomic E-state index is 10.8. The zero-order valence-corrected chi connectivity index (χ0v) is 12.7. The summed E-state index contributed by atoms with van der Waals surface area (Å²) < 4.78 is 62.6. The van der Waals surface area contributed by atoms with Crippen molar-refractivity contribution < 1.29 is 55.5 Å². The largest absolute Gasteiger partial charge is 1.00 e. The third-order valence-electron chi connectivity index (χ3n) is 1.85. The van der Waals surface area contributed by atoms with E-state index in [1.54, 1.807) is 0 Å². The van der Waals surface area contributed by atoms with Crippen LogP contribution in [0.25, 0.3) is 0 Å². The van der Waals surface area contributed by atoms with Gasteiger partial charge in [-0.15, -0.1) is 0 Å². The van der Waals surface area contributed by atoms with Crippen molar-refractivity contribution in [2.24, 2.45) is 0 Å². The molecule has 7 nitrogen and oxygen atoms in total. The van der Waals surface area contributed by atoms with Crippen molar-refractivity contribution in [2.45, 2.75) is 16.7 Å². The van der Waals surface area contributed by atoms with Crippen LogP contribution in [0, 0.1) is 6.92 Å². The van der Waals surface area contributed by atoms with E-state index in [4.69, 9.17) is 10.3 Å². The van der Waals surface area contributed by atoms with Crippen LogP contribution < -0.4 is 35.3 Å². The molecule has 0 fully saturated rings. The first-order chi connectivity index (χ1) is 7.03. The Hall–Kier alpha value is -0.160. The van der Waals surface area contributed by atoms with E-state index in [-0.39, 0.29) is 35.1 Å². The minimum absolute atomic E-state index is 0. The van der Waals surface area contributed by atoms with Gasteiger partial charge in [0, 0.05) is 0 Å². The van der Waals surface area contributed by atoms with Crippen LogP contribution in [0.3, 0.4) is 0 Å². The van der Waals surface area contributed by atoms with E-state index >= 15 is 0 Å². The van der Waals surface area contributed by atoms with E-state index in [0.29, 0.717) is 6.07 Å². The number of benzene rings is 1. The molecule has 0 unspecified atom stereocenters. The van der Waals surface area contributed by atoms with Gasteiger partial charge in [0.05, 0.1) is 10.6 Å². The van der Waals surface area contributed by atoms with Crippen molar-refractivity contribution in [3.05, 3.63) is 17.7 Å². The van der Waals surface area contributed by atoms with Crippen molar-refractivity contribution in [3.8, 4) is 0 Å². The third kappa shape index (κ3) is 3.91. The summed E-state index contributed by atoms with van der Waals surface area (Å²) in [7, 11) is -9.26. The van der Waals surface area contributed by atoms with E-state index in [0.717, 1.165) is 6.07 Å². The van der Waals surface area contributed by atoms with Gasteiger partial charge >= 0.3 is 29.6 Å². The molecule has 0 spiro atoms. The van der Waals surface area contributed by atoms with Gasteiger partial charge in [-0.2, -0.15) is 8.42 Å². The van der Waals surface area contributed by atoms with E-state index in [2.05, 4.69) is 0 Å². The minimum Gasteiger partial charge on any atom is -0.744 e. The van der Waals surface area contributed by atoms with Crippen LogP contribution in [0.5, 0.6) is 0 Å². The van der Waals surface area contributed by atoms with E-state index in [1.807, 2.05) is 0 Å². The van der Waals surface area contributed by atoms with Gasteiger partial charge < -0.3 is 10.3 Å². The first kappa shape index (κ1) is 16.8. The van der Waals surface area contributed by atoms with Crippen molar-refractivity contribution in [1.82, 2.24) is 0 Å². The zero-order valence-electron chi connectivity index (χ0n) is 9.04. The summed E-state index contributed by atoms with van der Waals surface area (Å²) in [5.41, 5.74) is 4.63. The second-order valence-corrected chi connectivity index (χ2v) is 5.82. The summed E-state index contributed by atoms with van der Waals surface area (Å²) in [6.07, 6.45) is 0. The van der Waals surface area contributed by atoms with Crippen LogP contribution in [0.1, 0.15) is 5.56 Å². The molecule has 0 aromatic heterocycles. The number of anilines is 1. The third-order valence-corrected chi connectivity index (χ3v) is 3.74. The summed E-state index contributed by atoms with van der Waals surface area (Å²) >= 11 is 0. The van der Waals surface area contributed by atoms with Gasteiger partial charge in [-0.3, -0.25) is 4.55 Å². The molecule has 0 aliphatic carbocycles. The van der Waals surface area contributed by atoms with Gasteiger partial charge in [-0.1, -0.05) is 0 Å². The van der Waals surface area contributed by atoms with Crippen molar-refractivity contribution >= 4 is 25.9 Å².